The third kappa shape index (κ3) is 4.96. The molecule has 2 amide bonds. The van der Waals surface area contributed by atoms with Crippen LogP contribution in [0.4, 0.5) is 10.5 Å². The van der Waals surface area contributed by atoms with Crippen LogP contribution in [0.5, 0.6) is 5.75 Å². The van der Waals surface area contributed by atoms with Crippen molar-refractivity contribution < 1.29 is 14.3 Å². The van der Waals surface area contributed by atoms with E-state index in [1.54, 1.807) is 24.3 Å². The normalized spacial score (nSPS) is 16.2. The van der Waals surface area contributed by atoms with Crippen molar-refractivity contribution in [1.29, 1.82) is 0 Å². The highest BCUT2D eigenvalue weighted by Gasteiger charge is 2.15. The van der Waals surface area contributed by atoms with E-state index in [9.17, 15) is 14.4 Å². The Kier molecular flexibility index (Phi) is 5.69. The van der Waals surface area contributed by atoms with Gasteiger partial charge in [0.05, 0.1) is 18.2 Å². The van der Waals surface area contributed by atoms with Crippen LogP contribution < -0.4 is 26.6 Å². The molecular weight excluding hydrogens is 340 g/mol. The van der Waals surface area contributed by atoms with E-state index in [0.717, 1.165) is 19.4 Å². The van der Waals surface area contributed by atoms with Gasteiger partial charge in [-0.2, -0.15) is 0 Å². The SMILES string of the molecule is O=C(NCc1c[nH]c(=O)[nH]c1=O)Nc1ccc(OCC2CCCO2)cc1. The fourth-order valence-corrected chi connectivity index (χ4v) is 2.52. The zero-order chi connectivity index (χ0) is 18.4. The Morgan fingerprint density at radius 2 is 2.08 bits per heavy atom. The number of urea groups is 1. The second-order valence-corrected chi connectivity index (χ2v) is 5.88. The number of hydrogen-bond acceptors (Lipinski definition) is 5. The largest absolute Gasteiger partial charge is 0.491 e. The molecule has 1 aliphatic heterocycles. The van der Waals surface area contributed by atoms with Crippen LogP contribution in [0.1, 0.15) is 18.4 Å². The number of amides is 2. The van der Waals surface area contributed by atoms with Gasteiger partial charge in [-0.05, 0) is 37.1 Å². The quantitative estimate of drug-likeness (QED) is 0.610. The molecule has 9 heteroatoms. The van der Waals surface area contributed by atoms with Gasteiger partial charge in [0.25, 0.3) is 5.56 Å². The zero-order valence-corrected chi connectivity index (χ0v) is 14.0. The van der Waals surface area contributed by atoms with Gasteiger partial charge < -0.3 is 25.1 Å². The number of rotatable bonds is 6. The molecule has 1 unspecified atom stereocenters. The maximum absolute atomic E-state index is 11.9. The average Bonchev–Trinajstić information content (AvgIpc) is 3.14. The molecule has 3 rings (SSSR count). The van der Waals surface area contributed by atoms with Gasteiger partial charge >= 0.3 is 11.7 Å². The van der Waals surface area contributed by atoms with Crippen LogP contribution in [-0.2, 0) is 11.3 Å². The van der Waals surface area contributed by atoms with Crippen LogP contribution in [-0.4, -0.2) is 35.3 Å². The summed E-state index contributed by atoms with van der Waals surface area (Å²) in [5, 5.41) is 5.20. The molecule has 2 heterocycles. The van der Waals surface area contributed by atoms with Crippen molar-refractivity contribution >= 4 is 11.7 Å². The number of aromatic amines is 2. The summed E-state index contributed by atoms with van der Waals surface area (Å²) in [7, 11) is 0. The highest BCUT2D eigenvalue weighted by Crippen LogP contribution is 2.18. The third-order valence-electron chi connectivity index (χ3n) is 3.91. The van der Waals surface area contributed by atoms with Crippen LogP contribution in [0.2, 0.25) is 0 Å². The zero-order valence-electron chi connectivity index (χ0n) is 14.0. The van der Waals surface area contributed by atoms with Crippen molar-refractivity contribution in [2.45, 2.75) is 25.5 Å². The molecule has 0 saturated carbocycles. The molecule has 1 aromatic carbocycles. The molecule has 0 aliphatic carbocycles. The number of H-pyrrole nitrogens is 2. The van der Waals surface area contributed by atoms with E-state index in [-0.39, 0.29) is 18.2 Å². The van der Waals surface area contributed by atoms with Crippen molar-refractivity contribution in [2.24, 2.45) is 0 Å². The lowest BCUT2D eigenvalue weighted by molar-refractivity contribution is 0.0679. The number of anilines is 1. The second-order valence-electron chi connectivity index (χ2n) is 5.88. The smallest absolute Gasteiger partial charge is 0.325 e. The standard InChI is InChI=1S/C17H20N4O5/c22-15-11(9-19-17(24)21-15)8-18-16(23)20-12-3-5-13(6-4-12)26-10-14-2-1-7-25-14/h3-6,9,14H,1-2,7-8,10H2,(H2,18,20,23)(H2,19,21,22,24). The predicted molar refractivity (Wildman–Crippen MR) is 94.5 cm³/mol. The molecule has 9 nitrogen and oxygen atoms in total. The van der Waals surface area contributed by atoms with Gasteiger partial charge in [-0.3, -0.25) is 9.78 Å². The summed E-state index contributed by atoms with van der Waals surface area (Å²) < 4.78 is 11.2. The number of nitrogens with one attached hydrogen (secondary N) is 4. The second kappa shape index (κ2) is 8.34. The maximum Gasteiger partial charge on any atom is 0.325 e. The molecule has 1 fully saturated rings. The van der Waals surface area contributed by atoms with E-state index < -0.39 is 17.3 Å². The first-order chi connectivity index (χ1) is 12.6. The van der Waals surface area contributed by atoms with Gasteiger partial charge in [-0.15, -0.1) is 0 Å². The molecule has 26 heavy (non-hydrogen) atoms. The summed E-state index contributed by atoms with van der Waals surface area (Å²) in [6.07, 6.45) is 3.49. The summed E-state index contributed by atoms with van der Waals surface area (Å²) >= 11 is 0. The van der Waals surface area contributed by atoms with Gasteiger partial charge in [0, 0.05) is 18.5 Å². The summed E-state index contributed by atoms with van der Waals surface area (Å²) in [4.78, 5) is 38.8. The molecule has 4 N–H and O–H groups in total. The molecule has 138 valence electrons. The van der Waals surface area contributed by atoms with E-state index in [1.165, 1.54) is 6.20 Å². The van der Waals surface area contributed by atoms with Crippen molar-refractivity contribution in [3.05, 3.63) is 56.9 Å². The highest BCUT2D eigenvalue weighted by atomic mass is 16.5. The fraction of sp³-hybridized carbons (Fsp3) is 0.353. The number of carbonyl (C=O) groups is 1. The Morgan fingerprint density at radius 3 is 2.77 bits per heavy atom. The van der Waals surface area contributed by atoms with Crippen molar-refractivity contribution in [3.63, 3.8) is 0 Å². The van der Waals surface area contributed by atoms with E-state index in [1.807, 2.05) is 0 Å². The van der Waals surface area contributed by atoms with Gasteiger partial charge in [0.2, 0.25) is 0 Å². The summed E-state index contributed by atoms with van der Waals surface area (Å²) in [6, 6.07) is 6.49. The number of benzene rings is 1. The molecule has 0 spiro atoms. The van der Waals surface area contributed by atoms with Crippen molar-refractivity contribution in [2.75, 3.05) is 18.5 Å². The molecule has 1 atom stereocenters. The molecule has 0 radical (unpaired) electrons. The minimum Gasteiger partial charge on any atom is -0.491 e. The van der Waals surface area contributed by atoms with Crippen LogP contribution in [0.15, 0.2) is 40.1 Å². The summed E-state index contributed by atoms with van der Waals surface area (Å²) in [6.45, 7) is 1.29. The van der Waals surface area contributed by atoms with Crippen molar-refractivity contribution in [1.82, 2.24) is 15.3 Å². The minimum atomic E-state index is -0.593. The van der Waals surface area contributed by atoms with Crippen LogP contribution >= 0.6 is 0 Å². The number of ether oxygens (including phenoxy) is 2. The fourth-order valence-electron chi connectivity index (χ4n) is 2.52. The van der Waals surface area contributed by atoms with Gasteiger partial charge in [-0.25, -0.2) is 9.59 Å². The molecular formula is C17H20N4O5. The third-order valence-corrected chi connectivity index (χ3v) is 3.91. The molecule has 2 aromatic rings. The van der Waals surface area contributed by atoms with E-state index in [4.69, 9.17) is 9.47 Å². The van der Waals surface area contributed by atoms with Crippen LogP contribution in [0.25, 0.3) is 0 Å². The lowest BCUT2D eigenvalue weighted by Gasteiger charge is -2.12. The number of aromatic nitrogens is 2. The first-order valence-electron chi connectivity index (χ1n) is 8.30. The highest BCUT2D eigenvalue weighted by molar-refractivity contribution is 5.89. The van der Waals surface area contributed by atoms with Crippen LogP contribution in [0.3, 0.4) is 0 Å². The Hall–Kier alpha value is -3.07. The Morgan fingerprint density at radius 1 is 1.27 bits per heavy atom. The average molecular weight is 360 g/mol. The first kappa shape index (κ1) is 17.7. The van der Waals surface area contributed by atoms with E-state index in [2.05, 4.69) is 20.6 Å². The number of carbonyl (C=O) groups excluding carboxylic acids is 1. The number of hydrogen-bond donors (Lipinski definition) is 4. The van der Waals surface area contributed by atoms with Gasteiger partial charge in [-0.1, -0.05) is 0 Å². The van der Waals surface area contributed by atoms with Gasteiger partial charge in [0.15, 0.2) is 0 Å². The Bertz CT molecular complexity index is 852. The van der Waals surface area contributed by atoms with E-state index >= 15 is 0 Å². The lowest BCUT2D eigenvalue weighted by atomic mass is 10.2. The predicted octanol–water partition coefficient (Wildman–Crippen LogP) is 0.943. The Balaban J connectivity index is 1.46. The molecule has 1 aliphatic rings. The molecule has 1 saturated heterocycles. The first-order valence-corrected chi connectivity index (χ1v) is 8.30. The van der Waals surface area contributed by atoms with Crippen molar-refractivity contribution in [3.8, 4) is 5.75 Å². The molecule has 0 bridgehead atoms. The topological polar surface area (TPSA) is 125 Å². The summed E-state index contributed by atoms with van der Waals surface area (Å²) in [5.74, 6) is 0.700. The van der Waals surface area contributed by atoms with Gasteiger partial charge in [0.1, 0.15) is 12.4 Å². The maximum atomic E-state index is 11.9. The molecule has 1 aromatic heterocycles. The minimum absolute atomic E-state index is 0.0134. The Labute approximate surface area is 148 Å². The summed E-state index contributed by atoms with van der Waals surface area (Å²) in [5.41, 5.74) is -0.299. The monoisotopic (exact) mass is 360 g/mol. The van der Waals surface area contributed by atoms with Crippen LogP contribution in [0, 0.1) is 0 Å². The lowest BCUT2D eigenvalue weighted by Crippen LogP contribution is -2.32. The van der Waals surface area contributed by atoms with E-state index in [0.29, 0.717) is 18.0 Å².